The Morgan fingerprint density at radius 3 is 1.68 bits per heavy atom. The molecule has 0 fully saturated rings. The minimum absolute atomic E-state index is 1.09. The molecule has 1 aliphatic carbocycles. The topological polar surface area (TPSA) is 8.17 Å². The summed E-state index contributed by atoms with van der Waals surface area (Å²) in [5, 5.41) is 7.72. The van der Waals surface area contributed by atoms with Gasteiger partial charge in [0.25, 0.3) is 0 Å². The Morgan fingerprint density at radius 1 is 0.411 bits per heavy atom. The fraction of sp³-hybridized carbons (Fsp3) is 0.0370. The molecule has 0 atom stereocenters. The quantitative estimate of drug-likeness (QED) is 0.166. The van der Waals surface area contributed by atoms with Gasteiger partial charge in [0.05, 0.1) is 16.7 Å². The molecular formula is C54H38N2. The van der Waals surface area contributed by atoms with Crippen LogP contribution in [0.1, 0.15) is 17.5 Å². The van der Waals surface area contributed by atoms with Crippen molar-refractivity contribution in [3.63, 3.8) is 0 Å². The lowest BCUT2D eigenvalue weighted by atomic mass is 9.92. The van der Waals surface area contributed by atoms with Crippen LogP contribution in [0.2, 0.25) is 0 Å². The number of anilines is 3. The predicted molar refractivity (Wildman–Crippen MR) is 239 cm³/mol. The number of benzene rings is 9. The van der Waals surface area contributed by atoms with Gasteiger partial charge in [-0.1, -0.05) is 152 Å². The second-order valence-corrected chi connectivity index (χ2v) is 14.8. The highest BCUT2D eigenvalue weighted by molar-refractivity contribution is 6.23. The summed E-state index contributed by atoms with van der Waals surface area (Å²) in [5.41, 5.74) is 14.7. The highest BCUT2D eigenvalue weighted by atomic mass is 15.1. The lowest BCUT2D eigenvalue weighted by Crippen LogP contribution is -2.10. The van der Waals surface area contributed by atoms with Crippen molar-refractivity contribution in [1.29, 1.82) is 0 Å². The molecule has 56 heavy (non-hydrogen) atoms. The van der Waals surface area contributed by atoms with Gasteiger partial charge in [-0.25, -0.2) is 0 Å². The first-order valence-electron chi connectivity index (χ1n) is 19.6. The van der Waals surface area contributed by atoms with Gasteiger partial charge in [0.1, 0.15) is 0 Å². The van der Waals surface area contributed by atoms with Crippen molar-refractivity contribution < 1.29 is 0 Å². The first-order valence-corrected chi connectivity index (χ1v) is 19.6. The van der Waals surface area contributed by atoms with Crippen LogP contribution in [0, 0.1) is 0 Å². The van der Waals surface area contributed by atoms with E-state index in [-0.39, 0.29) is 0 Å². The van der Waals surface area contributed by atoms with E-state index in [0.717, 1.165) is 29.9 Å². The molecule has 0 radical (unpaired) electrons. The minimum atomic E-state index is 1.09. The number of hydrogen-bond acceptors (Lipinski definition) is 1. The molecule has 0 unspecified atom stereocenters. The molecular weight excluding hydrogens is 677 g/mol. The fourth-order valence-electron chi connectivity index (χ4n) is 8.94. The Kier molecular flexibility index (Phi) is 7.67. The zero-order valence-corrected chi connectivity index (χ0v) is 30.9. The van der Waals surface area contributed by atoms with E-state index < -0.39 is 0 Å². The van der Waals surface area contributed by atoms with E-state index in [1.165, 1.54) is 82.4 Å². The number of hydrogen-bond donors (Lipinski definition) is 0. The molecule has 9 aromatic carbocycles. The van der Waals surface area contributed by atoms with Crippen LogP contribution in [0.3, 0.4) is 0 Å². The molecule has 0 saturated heterocycles. The molecule has 0 N–H and O–H groups in total. The highest BCUT2D eigenvalue weighted by Crippen LogP contribution is 2.43. The van der Waals surface area contributed by atoms with Crippen molar-refractivity contribution in [2.24, 2.45) is 0 Å². The molecule has 0 aliphatic heterocycles. The SMILES string of the molecule is C1=Cc2c(ccc3c2c2c4ccccc4ccc2n3-c2ccc(-c3ccc(N(c4ccc(-c5ccccc5)cc4)c4cccc5ccccc45)cc3)cc2)CC1. The second kappa shape index (κ2) is 13.3. The number of aryl methyl sites for hydroxylation is 1. The average molecular weight is 715 g/mol. The lowest BCUT2D eigenvalue weighted by molar-refractivity contribution is 0.989. The van der Waals surface area contributed by atoms with Gasteiger partial charge in [-0.15, -0.1) is 0 Å². The maximum absolute atomic E-state index is 2.46. The van der Waals surface area contributed by atoms with E-state index in [9.17, 15) is 0 Å². The van der Waals surface area contributed by atoms with Crippen LogP contribution in [-0.4, -0.2) is 4.57 Å². The lowest BCUT2D eigenvalue weighted by Gasteiger charge is -2.27. The molecule has 0 amide bonds. The van der Waals surface area contributed by atoms with Crippen LogP contribution >= 0.6 is 0 Å². The summed E-state index contributed by atoms with van der Waals surface area (Å²) < 4.78 is 2.46. The first-order chi connectivity index (χ1) is 27.8. The van der Waals surface area contributed by atoms with E-state index in [4.69, 9.17) is 0 Å². The van der Waals surface area contributed by atoms with E-state index in [1.54, 1.807) is 0 Å². The van der Waals surface area contributed by atoms with Crippen LogP contribution in [-0.2, 0) is 6.42 Å². The van der Waals surface area contributed by atoms with Gasteiger partial charge in [0.2, 0.25) is 0 Å². The van der Waals surface area contributed by atoms with E-state index in [2.05, 4.69) is 216 Å². The Bertz CT molecular complexity index is 3090. The Hall–Kier alpha value is -7.16. The molecule has 2 heteroatoms. The number of allylic oxidation sites excluding steroid dienone is 1. The molecule has 1 aromatic heterocycles. The molecule has 0 bridgehead atoms. The maximum atomic E-state index is 2.46. The summed E-state index contributed by atoms with van der Waals surface area (Å²) >= 11 is 0. The summed E-state index contributed by atoms with van der Waals surface area (Å²) in [4.78, 5) is 2.38. The van der Waals surface area contributed by atoms with Gasteiger partial charge >= 0.3 is 0 Å². The van der Waals surface area contributed by atoms with Crippen molar-refractivity contribution in [2.75, 3.05) is 4.90 Å². The van der Waals surface area contributed by atoms with Gasteiger partial charge < -0.3 is 9.47 Å². The summed E-state index contributed by atoms with van der Waals surface area (Å²) in [6.07, 6.45) is 6.87. The zero-order chi connectivity index (χ0) is 37.0. The van der Waals surface area contributed by atoms with Crippen LogP contribution in [0.5, 0.6) is 0 Å². The fourth-order valence-corrected chi connectivity index (χ4v) is 8.94. The molecule has 0 spiro atoms. The summed E-state index contributed by atoms with van der Waals surface area (Å²) in [5.74, 6) is 0. The normalized spacial score (nSPS) is 12.4. The van der Waals surface area contributed by atoms with E-state index in [0.29, 0.717) is 0 Å². The maximum Gasteiger partial charge on any atom is 0.0547 e. The summed E-state index contributed by atoms with van der Waals surface area (Å²) in [6.45, 7) is 0. The van der Waals surface area contributed by atoms with Gasteiger partial charge in [0.15, 0.2) is 0 Å². The zero-order valence-electron chi connectivity index (χ0n) is 30.9. The van der Waals surface area contributed by atoms with Crippen LogP contribution < -0.4 is 4.90 Å². The molecule has 0 saturated carbocycles. The summed E-state index contributed by atoms with van der Waals surface area (Å²) in [6, 6.07) is 70.9. The van der Waals surface area contributed by atoms with E-state index in [1.807, 2.05) is 0 Å². The molecule has 11 rings (SSSR count). The third kappa shape index (κ3) is 5.33. The van der Waals surface area contributed by atoms with Gasteiger partial charge in [-0.3, -0.25) is 0 Å². The van der Waals surface area contributed by atoms with Crippen molar-refractivity contribution in [3.05, 3.63) is 211 Å². The third-order valence-corrected chi connectivity index (χ3v) is 11.6. The first kappa shape index (κ1) is 32.3. The predicted octanol–water partition coefficient (Wildman–Crippen LogP) is 14.9. The van der Waals surface area contributed by atoms with Gasteiger partial charge in [0, 0.05) is 33.2 Å². The van der Waals surface area contributed by atoms with Crippen molar-refractivity contribution in [1.82, 2.24) is 4.57 Å². The molecule has 1 aliphatic rings. The smallest absolute Gasteiger partial charge is 0.0547 e. The minimum Gasteiger partial charge on any atom is -0.310 e. The van der Waals surface area contributed by atoms with Crippen LogP contribution in [0.25, 0.3) is 77.4 Å². The second-order valence-electron chi connectivity index (χ2n) is 14.8. The van der Waals surface area contributed by atoms with Crippen molar-refractivity contribution in [3.8, 4) is 27.9 Å². The number of nitrogens with zero attached hydrogens (tertiary/aromatic N) is 2. The molecule has 264 valence electrons. The largest absolute Gasteiger partial charge is 0.310 e. The average Bonchev–Trinajstić information content (AvgIpc) is 3.63. The highest BCUT2D eigenvalue weighted by Gasteiger charge is 2.20. The van der Waals surface area contributed by atoms with Crippen molar-refractivity contribution in [2.45, 2.75) is 12.8 Å². The van der Waals surface area contributed by atoms with E-state index >= 15 is 0 Å². The Balaban J connectivity index is 0.986. The number of rotatable bonds is 6. The monoisotopic (exact) mass is 714 g/mol. The molecule has 2 nitrogen and oxygen atoms in total. The Morgan fingerprint density at radius 2 is 0.964 bits per heavy atom. The number of aromatic nitrogens is 1. The van der Waals surface area contributed by atoms with Crippen molar-refractivity contribution >= 4 is 66.5 Å². The Labute approximate surface area is 326 Å². The van der Waals surface area contributed by atoms with Crippen LogP contribution in [0.15, 0.2) is 200 Å². The van der Waals surface area contributed by atoms with Gasteiger partial charge in [-0.2, -0.15) is 0 Å². The van der Waals surface area contributed by atoms with Gasteiger partial charge in [-0.05, 0) is 117 Å². The number of fused-ring (bicyclic) bond motifs is 8. The molecule has 1 heterocycles. The standard InChI is InChI=1S/C54H38N2/c1-2-11-37(12-3-1)38-21-29-44(30-22-38)55(50-20-10-16-41-13-4-7-17-47(41)50)45-31-23-39(24-32-45)40-25-33-46(34-26-40)56-51-35-27-42-14-5-8-18-48(42)53(51)54-49-19-9-6-15-43(49)28-36-52(54)56/h1-5,7-14,16-36H,6,15H2. The third-order valence-electron chi connectivity index (χ3n) is 11.6. The summed E-state index contributed by atoms with van der Waals surface area (Å²) in [7, 11) is 0. The molecule has 10 aromatic rings. The van der Waals surface area contributed by atoms with Crippen LogP contribution in [0.4, 0.5) is 17.1 Å².